The van der Waals surface area contributed by atoms with Gasteiger partial charge in [-0.2, -0.15) is 0 Å². The quantitative estimate of drug-likeness (QED) is 0.859. The molecule has 126 valence electrons. The van der Waals surface area contributed by atoms with E-state index < -0.39 is 0 Å². The third-order valence-electron chi connectivity index (χ3n) is 5.31. The third-order valence-corrected chi connectivity index (χ3v) is 5.31. The molecule has 24 heavy (non-hydrogen) atoms. The number of amides is 1. The summed E-state index contributed by atoms with van der Waals surface area (Å²) in [7, 11) is 2.04. The van der Waals surface area contributed by atoms with Crippen LogP contribution in [-0.2, 0) is 13.6 Å². The third kappa shape index (κ3) is 2.94. The number of hydrogen-bond acceptors (Lipinski definition) is 4. The van der Waals surface area contributed by atoms with E-state index in [0.29, 0.717) is 12.0 Å². The van der Waals surface area contributed by atoms with Gasteiger partial charge in [-0.1, -0.05) is 0 Å². The van der Waals surface area contributed by atoms with E-state index in [2.05, 4.69) is 19.4 Å². The van der Waals surface area contributed by atoms with Crippen molar-refractivity contribution in [1.29, 1.82) is 0 Å². The number of aryl methyl sites for hydroxylation is 1. The summed E-state index contributed by atoms with van der Waals surface area (Å²) in [6.45, 7) is 3.58. The van der Waals surface area contributed by atoms with Crippen LogP contribution in [0.1, 0.15) is 29.0 Å². The molecule has 0 aromatic carbocycles. The standard InChI is InChI=1S/C18H23N5O/c1-21-9-8-20-17(21)13-22-10-14-2-3-16(22)12-23(11-14)18(24)15-4-6-19-7-5-15/h4-9,14,16H,2-3,10-13H2,1H3/t14-,16-/m1/s1. The summed E-state index contributed by atoms with van der Waals surface area (Å²) in [4.78, 5) is 25.8. The second-order valence-electron chi connectivity index (χ2n) is 6.93. The molecular formula is C18H23N5O. The number of fused-ring (bicyclic) bond motifs is 4. The summed E-state index contributed by atoms with van der Waals surface area (Å²) in [5.41, 5.74) is 0.738. The first-order valence-electron chi connectivity index (χ1n) is 8.60. The van der Waals surface area contributed by atoms with Crippen molar-refractivity contribution in [2.24, 2.45) is 13.0 Å². The Kier molecular flexibility index (Phi) is 4.06. The highest BCUT2D eigenvalue weighted by Crippen LogP contribution is 2.29. The van der Waals surface area contributed by atoms with Gasteiger partial charge in [0, 0.05) is 63.1 Å². The molecule has 2 aromatic rings. The van der Waals surface area contributed by atoms with Crippen LogP contribution in [0.5, 0.6) is 0 Å². The van der Waals surface area contributed by atoms with Gasteiger partial charge in [-0.3, -0.25) is 14.7 Å². The summed E-state index contributed by atoms with van der Waals surface area (Å²) in [6.07, 6.45) is 9.59. The average Bonchev–Trinajstić information content (AvgIpc) is 2.83. The molecular weight excluding hydrogens is 302 g/mol. The van der Waals surface area contributed by atoms with Gasteiger partial charge in [-0.15, -0.1) is 0 Å². The van der Waals surface area contributed by atoms with Crippen LogP contribution >= 0.6 is 0 Å². The Hall–Kier alpha value is -2.21. The Morgan fingerprint density at radius 3 is 2.75 bits per heavy atom. The van der Waals surface area contributed by atoms with Crippen molar-refractivity contribution in [3.05, 3.63) is 48.3 Å². The van der Waals surface area contributed by atoms with Gasteiger partial charge in [0.25, 0.3) is 5.91 Å². The molecule has 5 rings (SSSR count). The number of nitrogens with zero attached hydrogens (tertiary/aromatic N) is 5. The van der Waals surface area contributed by atoms with Crippen LogP contribution in [0.25, 0.3) is 0 Å². The number of aromatic nitrogens is 3. The predicted molar refractivity (Wildman–Crippen MR) is 90.3 cm³/mol. The molecule has 0 spiro atoms. The maximum atomic E-state index is 12.8. The van der Waals surface area contributed by atoms with Crippen molar-refractivity contribution in [1.82, 2.24) is 24.3 Å². The van der Waals surface area contributed by atoms with Crippen LogP contribution in [0.3, 0.4) is 0 Å². The Morgan fingerprint density at radius 2 is 2.00 bits per heavy atom. The zero-order chi connectivity index (χ0) is 16.5. The van der Waals surface area contributed by atoms with Gasteiger partial charge in [0.05, 0.1) is 6.54 Å². The summed E-state index contributed by atoms with van der Waals surface area (Å²) in [5, 5.41) is 0. The van der Waals surface area contributed by atoms with Gasteiger partial charge in [-0.05, 0) is 30.9 Å². The maximum absolute atomic E-state index is 12.8. The number of piperidine rings is 1. The van der Waals surface area contributed by atoms with Crippen molar-refractivity contribution in [3.8, 4) is 0 Å². The Labute approximate surface area is 142 Å². The van der Waals surface area contributed by atoms with E-state index in [1.54, 1.807) is 24.5 Å². The number of carbonyl (C=O) groups excluding carboxylic acids is 1. The first-order chi connectivity index (χ1) is 11.7. The zero-order valence-electron chi connectivity index (χ0n) is 14.0. The molecule has 6 nitrogen and oxygen atoms in total. The average molecular weight is 325 g/mol. The van der Waals surface area contributed by atoms with E-state index >= 15 is 0 Å². The molecule has 0 N–H and O–H groups in total. The fourth-order valence-corrected chi connectivity index (χ4v) is 3.95. The first-order valence-corrected chi connectivity index (χ1v) is 8.60. The lowest BCUT2D eigenvalue weighted by Gasteiger charge is -2.35. The van der Waals surface area contributed by atoms with Crippen molar-refractivity contribution in [2.45, 2.75) is 25.4 Å². The highest BCUT2D eigenvalue weighted by atomic mass is 16.2. The molecule has 3 aliphatic rings. The van der Waals surface area contributed by atoms with E-state index in [0.717, 1.165) is 44.0 Å². The van der Waals surface area contributed by atoms with Crippen LogP contribution in [-0.4, -0.2) is 55.9 Å². The molecule has 3 fully saturated rings. The van der Waals surface area contributed by atoms with E-state index in [1.807, 2.05) is 24.3 Å². The van der Waals surface area contributed by atoms with Gasteiger partial charge in [0.2, 0.25) is 0 Å². The van der Waals surface area contributed by atoms with Crippen LogP contribution in [0.4, 0.5) is 0 Å². The fraction of sp³-hybridized carbons (Fsp3) is 0.500. The molecule has 3 aliphatic heterocycles. The van der Waals surface area contributed by atoms with Crippen molar-refractivity contribution in [2.75, 3.05) is 19.6 Å². The summed E-state index contributed by atoms with van der Waals surface area (Å²) in [6, 6.07) is 4.04. The van der Waals surface area contributed by atoms with E-state index in [9.17, 15) is 4.79 Å². The molecule has 6 heteroatoms. The SMILES string of the molecule is Cn1ccnc1CN1C[C@H]2CC[C@@H]1CN(C(=O)c1ccncc1)C2. The van der Waals surface area contributed by atoms with Crippen LogP contribution < -0.4 is 0 Å². The molecule has 2 aromatic heterocycles. The normalized spacial score (nSPS) is 24.1. The Balaban J connectivity index is 1.50. The Bertz CT molecular complexity index is 713. The minimum absolute atomic E-state index is 0.133. The monoisotopic (exact) mass is 325 g/mol. The zero-order valence-corrected chi connectivity index (χ0v) is 14.0. The van der Waals surface area contributed by atoms with Crippen LogP contribution in [0.2, 0.25) is 0 Å². The lowest BCUT2D eigenvalue weighted by molar-refractivity contribution is 0.0734. The number of imidazole rings is 1. The van der Waals surface area contributed by atoms with Gasteiger partial charge in [0.15, 0.2) is 0 Å². The largest absolute Gasteiger partial charge is 0.337 e. The van der Waals surface area contributed by atoms with Crippen LogP contribution in [0, 0.1) is 5.92 Å². The lowest BCUT2D eigenvalue weighted by atomic mass is 9.95. The molecule has 0 aliphatic carbocycles. The molecule has 2 atom stereocenters. The van der Waals surface area contributed by atoms with Crippen LogP contribution in [0.15, 0.2) is 36.9 Å². The lowest BCUT2D eigenvalue weighted by Crippen LogP contribution is -2.44. The van der Waals surface area contributed by atoms with Crippen molar-refractivity contribution >= 4 is 5.91 Å². The molecule has 0 unspecified atom stereocenters. The second kappa shape index (κ2) is 6.36. The second-order valence-corrected chi connectivity index (χ2v) is 6.93. The van der Waals surface area contributed by atoms with Gasteiger partial charge in [0.1, 0.15) is 5.82 Å². The summed E-state index contributed by atoms with van der Waals surface area (Å²) in [5.74, 6) is 1.78. The molecule has 5 heterocycles. The van der Waals surface area contributed by atoms with Gasteiger partial charge < -0.3 is 9.47 Å². The minimum Gasteiger partial charge on any atom is -0.337 e. The van der Waals surface area contributed by atoms with Gasteiger partial charge >= 0.3 is 0 Å². The first kappa shape index (κ1) is 15.3. The molecule has 0 saturated carbocycles. The molecule has 1 amide bonds. The smallest absolute Gasteiger partial charge is 0.254 e. The highest BCUT2D eigenvalue weighted by Gasteiger charge is 2.36. The number of hydrogen-bond donors (Lipinski definition) is 0. The Morgan fingerprint density at radius 1 is 1.17 bits per heavy atom. The minimum atomic E-state index is 0.133. The van der Waals surface area contributed by atoms with Crippen molar-refractivity contribution in [3.63, 3.8) is 0 Å². The molecule has 3 saturated heterocycles. The summed E-state index contributed by atoms with van der Waals surface area (Å²) < 4.78 is 2.08. The number of carbonyl (C=O) groups is 1. The van der Waals surface area contributed by atoms with Crippen molar-refractivity contribution < 1.29 is 4.79 Å². The number of pyridine rings is 1. The summed E-state index contributed by atoms with van der Waals surface area (Å²) >= 11 is 0. The molecule has 0 radical (unpaired) electrons. The maximum Gasteiger partial charge on any atom is 0.254 e. The van der Waals surface area contributed by atoms with E-state index in [-0.39, 0.29) is 5.91 Å². The van der Waals surface area contributed by atoms with Gasteiger partial charge in [-0.25, -0.2) is 4.98 Å². The fourth-order valence-electron chi connectivity index (χ4n) is 3.95. The number of rotatable bonds is 3. The van der Waals surface area contributed by atoms with E-state index in [4.69, 9.17) is 0 Å². The topological polar surface area (TPSA) is 54.3 Å². The predicted octanol–water partition coefficient (Wildman–Crippen LogP) is 1.55. The van der Waals surface area contributed by atoms with E-state index in [1.165, 1.54) is 6.42 Å². The molecule has 2 bridgehead atoms. The highest BCUT2D eigenvalue weighted by molar-refractivity contribution is 5.94.